The van der Waals surface area contributed by atoms with Gasteiger partial charge in [0, 0.05) is 6.07 Å². The first-order chi connectivity index (χ1) is 8.56. The van der Waals surface area contributed by atoms with Crippen LogP contribution in [0.4, 0.5) is 0 Å². The quantitative estimate of drug-likeness (QED) is 0.712. The molecule has 6 nitrogen and oxygen atoms in total. The maximum atomic E-state index is 11.8. The molecule has 0 fully saturated rings. The fourth-order valence-electron chi connectivity index (χ4n) is 1.47. The second-order valence-corrected chi connectivity index (χ2v) is 3.81. The largest absolute Gasteiger partial charge is 0.508 e. The van der Waals surface area contributed by atoms with Gasteiger partial charge in [-0.15, -0.1) is 0 Å². The molecule has 0 aliphatic heterocycles. The molecule has 1 aromatic heterocycles. The van der Waals surface area contributed by atoms with Gasteiger partial charge < -0.3 is 20.1 Å². The monoisotopic (exact) mass is 248 g/mol. The Morgan fingerprint density at radius 1 is 1.39 bits per heavy atom. The van der Waals surface area contributed by atoms with Crippen LogP contribution in [0.2, 0.25) is 0 Å². The second-order valence-electron chi connectivity index (χ2n) is 3.81. The van der Waals surface area contributed by atoms with Crippen molar-refractivity contribution in [3.63, 3.8) is 0 Å². The molecule has 2 rings (SSSR count). The van der Waals surface area contributed by atoms with Gasteiger partial charge >= 0.3 is 0 Å². The summed E-state index contributed by atoms with van der Waals surface area (Å²) in [6.07, 6.45) is 0. The van der Waals surface area contributed by atoms with E-state index in [0.29, 0.717) is 11.5 Å². The van der Waals surface area contributed by atoms with Crippen LogP contribution in [0.1, 0.15) is 21.8 Å². The molecule has 0 bridgehead atoms. The zero-order valence-electron chi connectivity index (χ0n) is 9.67. The number of nitrogens with zero attached hydrogens (tertiary/aromatic N) is 1. The third kappa shape index (κ3) is 2.60. The molecule has 0 aliphatic carbocycles. The molecule has 0 radical (unpaired) electrons. The van der Waals surface area contributed by atoms with Gasteiger partial charge in [-0.3, -0.25) is 4.79 Å². The maximum absolute atomic E-state index is 11.8. The number of hydrogen-bond donors (Lipinski definition) is 3. The molecule has 0 spiro atoms. The van der Waals surface area contributed by atoms with Crippen LogP contribution in [0.5, 0.6) is 11.5 Å². The minimum absolute atomic E-state index is 0.00946. The first-order valence-corrected chi connectivity index (χ1v) is 5.28. The lowest BCUT2D eigenvalue weighted by atomic mass is 10.1. The fraction of sp³-hybridized carbons (Fsp3) is 0.167. The van der Waals surface area contributed by atoms with Crippen LogP contribution in [0.25, 0.3) is 0 Å². The number of carbonyl (C=O) groups is 1. The van der Waals surface area contributed by atoms with Crippen molar-refractivity contribution in [2.24, 2.45) is 0 Å². The number of aromatic hydroxyl groups is 2. The first kappa shape index (κ1) is 12.0. The van der Waals surface area contributed by atoms with E-state index in [-0.39, 0.29) is 23.6 Å². The van der Waals surface area contributed by atoms with E-state index in [2.05, 4.69) is 10.5 Å². The maximum Gasteiger partial charge on any atom is 0.255 e. The Kier molecular flexibility index (Phi) is 3.18. The molecule has 18 heavy (non-hydrogen) atoms. The second kappa shape index (κ2) is 4.79. The van der Waals surface area contributed by atoms with Crippen molar-refractivity contribution in [3.05, 3.63) is 41.3 Å². The number of rotatable bonds is 3. The third-order valence-corrected chi connectivity index (χ3v) is 2.33. The van der Waals surface area contributed by atoms with Crippen molar-refractivity contribution in [1.82, 2.24) is 10.5 Å². The number of amides is 1. The summed E-state index contributed by atoms with van der Waals surface area (Å²) in [7, 11) is 0. The van der Waals surface area contributed by atoms with Crippen LogP contribution in [0, 0.1) is 6.92 Å². The van der Waals surface area contributed by atoms with Gasteiger partial charge in [0.1, 0.15) is 23.0 Å². The van der Waals surface area contributed by atoms with Crippen molar-refractivity contribution in [2.45, 2.75) is 13.5 Å². The van der Waals surface area contributed by atoms with Gasteiger partial charge in [-0.25, -0.2) is 0 Å². The van der Waals surface area contributed by atoms with E-state index in [4.69, 9.17) is 4.52 Å². The average molecular weight is 248 g/mol. The van der Waals surface area contributed by atoms with E-state index in [1.807, 2.05) is 0 Å². The zero-order chi connectivity index (χ0) is 13.1. The van der Waals surface area contributed by atoms with Gasteiger partial charge in [0.15, 0.2) is 0 Å². The summed E-state index contributed by atoms with van der Waals surface area (Å²) in [5.41, 5.74) is 0.593. The van der Waals surface area contributed by atoms with Crippen molar-refractivity contribution in [3.8, 4) is 11.5 Å². The Morgan fingerprint density at radius 2 is 2.17 bits per heavy atom. The van der Waals surface area contributed by atoms with Gasteiger partial charge in [0.05, 0.1) is 12.1 Å². The summed E-state index contributed by atoms with van der Waals surface area (Å²) >= 11 is 0. The number of aryl methyl sites for hydroxylation is 1. The molecule has 0 atom stereocenters. The minimum atomic E-state index is -0.496. The minimum Gasteiger partial charge on any atom is -0.508 e. The highest BCUT2D eigenvalue weighted by Gasteiger charge is 2.12. The van der Waals surface area contributed by atoms with Gasteiger partial charge in [-0.1, -0.05) is 5.16 Å². The standard InChI is InChI=1S/C12H12N2O4/c1-7-4-8(14-18-7)6-13-12(17)10-5-9(15)2-3-11(10)16/h2-5,15-16H,6H2,1H3,(H,13,17). The zero-order valence-corrected chi connectivity index (χ0v) is 9.67. The van der Waals surface area contributed by atoms with Crippen molar-refractivity contribution in [1.29, 1.82) is 0 Å². The Hall–Kier alpha value is -2.50. The average Bonchev–Trinajstić information content (AvgIpc) is 2.75. The summed E-state index contributed by atoms with van der Waals surface area (Å²) in [6.45, 7) is 1.94. The van der Waals surface area contributed by atoms with Crippen LogP contribution in [-0.4, -0.2) is 21.3 Å². The molecule has 1 heterocycles. The van der Waals surface area contributed by atoms with Crippen molar-refractivity contribution < 1.29 is 19.5 Å². The van der Waals surface area contributed by atoms with Gasteiger partial charge in [0.25, 0.3) is 5.91 Å². The fourth-order valence-corrected chi connectivity index (χ4v) is 1.47. The molecule has 3 N–H and O–H groups in total. The Morgan fingerprint density at radius 3 is 2.83 bits per heavy atom. The van der Waals surface area contributed by atoms with Crippen LogP contribution >= 0.6 is 0 Å². The number of carbonyl (C=O) groups excluding carboxylic acids is 1. The summed E-state index contributed by atoms with van der Waals surface area (Å²) in [5.74, 6) is -0.125. The summed E-state index contributed by atoms with van der Waals surface area (Å²) in [6, 6.07) is 5.44. The molecule has 0 unspecified atom stereocenters. The first-order valence-electron chi connectivity index (χ1n) is 5.28. The van der Waals surface area contributed by atoms with Crippen LogP contribution in [-0.2, 0) is 6.54 Å². The Bertz CT molecular complexity index is 577. The topological polar surface area (TPSA) is 95.6 Å². The lowest BCUT2D eigenvalue weighted by Crippen LogP contribution is -2.22. The Balaban J connectivity index is 2.05. The van der Waals surface area contributed by atoms with Crippen LogP contribution in [0.15, 0.2) is 28.8 Å². The predicted molar refractivity (Wildman–Crippen MR) is 62.2 cm³/mol. The smallest absolute Gasteiger partial charge is 0.255 e. The van der Waals surface area contributed by atoms with E-state index < -0.39 is 5.91 Å². The molecule has 6 heteroatoms. The molecule has 94 valence electrons. The highest BCUT2D eigenvalue weighted by Crippen LogP contribution is 2.21. The van der Waals surface area contributed by atoms with Crippen LogP contribution < -0.4 is 5.32 Å². The summed E-state index contributed by atoms with van der Waals surface area (Å²) in [4.78, 5) is 11.8. The number of phenols is 2. The summed E-state index contributed by atoms with van der Waals surface area (Å²) < 4.78 is 4.85. The lowest BCUT2D eigenvalue weighted by molar-refractivity contribution is 0.0947. The highest BCUT2D eigenvalue weighted by atomic mass is 16.5. The number of phenolic OH excluding ortho intramolecular Hbond substituents is 2. The van der Waals surface area contributed by atoms with Crippen LogP contribution in [0.3, 0.4) is 0 Å². The number of aromatic nitrogens is 1. The van der Waals surface area contributed by atoms with E-state index in [9.17, 15) is 15.0 Å². The number of benzene rings is 1. The molecule has 0 saturated carbocycles. The SMILES string of the molecule is Cc1cc(CNC(=O)c2cc(O)ccc2O)no1. The molecule has 0 saturated heterocycles. The molecule has 0 aliphatic rings. The Labute approximate surface area is 103 Å². The van der Waals surface area contributed by atoms with Gasteiger partial charge in [-0.2, -0.15) is 0 Å². The third-order valence-electron chi connectivity index (χ3n) is 2.33. The number of nitrogens with one attached hydrogen (secondary N) is 1. The molecular formula is C12H12N2O4. The van der Waals surface area contributed by atoms with Gasteiger partial charge in [-0.05, 0) is 25.1 Å². The van der Waals surface area contributed by atoms with E-state index in [0.717, 1.165) is 0 Å². The van der Waals surface area contributed by atoms with Crippen molar-refractivity contribution in [2.75, 3.05) is 0 Å². The molecule has 2 aromatic rings. The molecule has 1 aromatic carbocycles. The van der Waals surface area contributed by atoms with E-state index >= 15 is 0 Å². The van der Waals surface area contributed by atoms with E-state index in [1.165, 1.54) is 18.2 Å². The lowest BCUT2D eigenvalue weighted by Gasteiger charge is -2.05. The molecule has 1 amide bonds. The summed E-state index contributed by atoms with van der Waals surface area (Å²) in [5, 5.41) is 25.0. The van der Waals surface area contributed by atoms with Crippen molar-refractivity contribution >= 4 is 5.91 Å². The van der Waals surface area contributed by atoms with E-state index in [1.54, 1.807) is 13.0 Å². The van der Waals surface area contributed by atoms with Gasteiger partial charge in [0.2, 0.25) is 0 Å². The highest BCUT2D eigenvalue weighted by molar-refractivity contribution is 5.97. The predicted octanol–water partition coefficient (Wildman–Crippen LogP) is 1.32. The normalized spacial score (nSPS) is 10.3. The number of hydrogen-bond acceptors (Lipinski definition) is 5. The molecular weight excluding hydrogens is 236 g/mol.